The van der Waals surface area contributed by atoms with Gasteiger partial charge in [0.15, 0.2) is 5.15 Å². The van der Waals surface area contributed by atoms with Crippen LogP contribution >= 0.6 is 11.6 Å². The molecular formula is C24H21ClFN3O. The zero-order chi connectivity index (χ0) is 21.3. The molecule has 0 aliphatic heterocycles. The van der Waals surface area contributed by atoms with Gasteiger partial charge in [0, 0.05) is 28.7 Å². The second kappa shape index (κ2) is 8.28. The van der Waals surface area contributed by atoms with Gasteiger partial charge in [0.1, 0.15) is 5.82 Å². The molecule has 4 aromatic rings. The molecule has 0 atom stereocenters. The number of nitrogens with one attached hydrogen (secondary N) is 2. The van der Waals surface area contributed by atoms with E-state index in [1.165, 1.54) is 12.1 Å². The molecular weight excluding hydrogens is 401 g/mol. The van der Waals surface area contributed by atoms with Gasteiger partial charge in [0.2, 0.25) is 5.91 Å². The molecule has 0 bridgehead atoms. The van der Waals surface area contributed by atoms with Crippen LogP contribution in [0, 0.1) is 19.7 Å². The van der Waals surface area contributed by atoms with Gasteiger partial charge in [-0.2, -0.15) is 0 Å². The number of aromatic amines is 1. The Hall–Kier alpha value is -3.18. The van der Waals surface area contributed by atoms with Gasteiger partial charge in [-0.05, 0) is 73.4 Å². The van der Waals surface area contributed by atoms with E-state index in [-0.39, 0.29) is 18.1 Å². The molecule has 1 amide bonds. The number of para-hydroxylation sites is 1. The second-order valence-corrected chi connectivity index (χ2v) is 7.68. The zero-order valence-electron chi connectivity index (χ0n) is 16.7. The van der Waals surface area contributed by atoms with Crippen molar-refractivity contribution in [2.45, 2.75) is 26.7 Å². The highest BCUT2D eigenvalue weighted by Crippen LogP contribution is 2.32. The molecule has 4 rings (SSSR count). The number of aryl methyl sites for hydroxylation is 3. The van der Waals surface area contributed by atoms with Crippen molar-refractivity contribution in [3.8, 4) is 11.3 Å². The van der Waals surface area contributed by atoms with Gasteiger partial charge in [0.05, 0.1) is 5.69 Å². The summed E-state index contributed by atoms with van der Waals surface area (Å²) in [4.78, 5) is 20.3. The summed E-state index contributed by atoms with van der Waals surface area (Å²) in [5, 5.41) is 4.23. The number of hydrogen-bond acceptors (Lipinski definition) is 2. The maximum atomic E-state index is 13.4. The van der Waals surface area contributed by atoms with Crippen molar-refractivity contribution in [1.29, 1.82) is 0 Å². The summed E-state index contributed by atoms with van der Waals surface area (Å²) >= 11 is 6.21. The lowest BCUT2D eigenvalue weighted by Crippen LogP contribution is -2.14. The van der Waals surface area contributed by atoms with Gasteiger partial charge in [0.25, 0.3) is 0 Å². The highest BCUT2D eigenvalue weighted by atomic mass is 35.5. The SMILES string of the molecule is Cc1cc(C)c(NC(=O)CCc2c(-c3ccc(F)cc3)[nH]c3ccccc23)c(Cl)n1. The van der Waals surface area contributed by atoms with Gasteiger partial charge in [-0.3, -0.25) is 4.79 Å². The lowest BCUT2D eigenvalue weighted by atomic mass is 10.0. The topological polar surface area (TPSA) is 57.8 Å². The molecule has 152 valence electrons. The monoisotopic (exact) mass is 421 g/mol. The lowest BCUT2D eigenvalue weighted by Gasteiger charge is -2.11. The molecule has 0 aliphatic carbocycles. The normalized spacial score (nSPS) is 11.1. The molecule has 2 aromatic carbocycles. The van der Waals surface area contributed by atoms with Crippen molar-refractivity contribution in [2.24, 2.45) is 0 Å². The number of benzene rings is 2. The van der Waals surface area contributed by atoms with Crippen LogP contribution in [0.5, 0.6) is 0 Å². The van der Waals surface area contributed by atoms with Crippen LogP contribution in [0.3, 0.4) is 0 Å². The third kappa shape index (κ3) is 4.07. The van der Waals surface area contributed by atoms with Crippen molar-refractivity contribution in [3.63, 3.8) is 0 Å². The van der Waals surface area contributed by atoms with Crippen LogP contribution in [0.4, 0.5) is 10.1 Å². The number of carbonyl (C=O) groups is 1. The average Bonchev–Trinajstić information content (AvgIpc) is 3.08. The number of pyridine rings is 1. The number of anilines is 1. The molecule has 0 saturated carbocycles. The standard InChI is InChI=1S/C24H21ClFN3O/c1-14-13-15(2)27-24(25)22(14)29-21(30)12-11-19-18-5-3-4-6-20(18)28-23(19)16-7-9-17(26)10-8-16/h3-10,13,28H,11-12H2,1-2H3,(H,29,30). The minimum Gasteiger partial charge on any atom is -0.354 e. The van der Waals surface area contributed by atoms with E-state index in [9.17, 15) is 9.18 Å². The molecule has 0 unspecified atom stereocenters. The van der Waals surface area contributed by atoms with Gasteiger partial charge in [-0.15, -0.1) is 0 Å². The first-order valence-corrected chi connectivity index (χ1v) is 10.1. The van der Waals surface area contributed by atoms with E-state index >= 15 is 0 Å². The number of carbonyl (C=O) groups excluding carboxylic acids is 1. The van der Waals surface area contributed by atoms with E-state index in [0.29, 0.717) is 17.3 Å². The van der Waals surface area contributed by atoms with E-state index in [1.54, 1.807) is 12.1 Å². The second-order valence-electron chi connectivity index (χ2n) is 7.33. The number of nitrogens with zero attached hydrogens (tertiary/aromatic N) is 1. The Labute approximate surface area is 179 Å². The van der Waals surface area contributed by atoms with Gasteiger partial charge >= 0.3 is 0 Å². The predicted octanol–water partition coefficient (Wildman–Crippen LogP) is 6.21. The maximum Gasteiger partial charge on any atom is 0.224 e. The molecule has 0 fully saturated rings. The fourth-order valence-electron chi connectivity index (χ4n) is 3.70. The first-order valence-electron chi connectivity index (χ1n) is 9.71. The number of aromatic nitrogens is 2. The first kappa shape index (κ1) is 20.1. The van der Waals surface area contributed by atoms with Crippen molar-refractivity contribution in [1.82, 2.24) is 9.97 Å². The summed E-state index contributed by atoms with van der Waals surface area (Å²) in [7, 11) is 0. The molecule has 0 aliphatic rings. The van der Waals surface area contributed by atoms with E-state index in [4.69, 9.17) is 11.6 Å². The van der Waals surface area contributed by atoms with Gasteiger partial charge in [-0.25, -0.2) is 9.37 Å². The Morgan fingerprint density at radius 2 is 1.87 bits per heavy atom. The number of halogens is 2. The summed E-state index contributed by atoms with van der Waals surface area (Å²) in [5.74, 6) is -0.421. The summed E-state index contributed by atoms with van der Waals surface area (Å²) in [6.45, 7) is 3.75. The molecule has 0 saturated heterocycles. The van der Waals surface area contributed by atoms with Crippen LogP contribution in [-0.2, 0) is 11.2 Å². The fourth-order valence-corrected chi connectivity index (χ4v) is 4.03. The lowest BCUT2D eigenvalue weighted by molar-refractivity contribution is -0.116. The van der Waals surface area contributed by atoms with Crippen molar-refractivity contribution < 1.29 is 9.18 Å². The molecule has 2 N–H and O–H groups in total. The van der Waals surface area contributed by atoms with Crippen LogP contribution in [0.2, 0.25) is 5.15 Å². The van der Waals surface area contributed by atoms with E-state index in [0.717, 1.165) is 39.0 Å². The van der Waals surface area contributed by atoms with Crippen LogP contribution in [0.25, 0.3) is 22.2 Å². The Morgan fingerprint density at radius 1 is 1.13 bits per heavy atom. The van der Waals surface area contributed by atoms with Crippen LogP contribution in [-0.4, -0.2) is 15.9 Å². The average molecular weight is 422 g/mol. The Morgan fingerprint density at radius 3 is 2.60 bits per heavy atom. The number of rotatable bonds is 5. The van der Waals surface area contributed by atoms with Crippen molar-refractivity contribution in [2.75, 3.05) is 5.32 Å². The van der Waals surface area contributed by atoms with Crippen molar-refractivity contribution >= 4 is 34.1 Å². The third-order valence-corrected chi connectivity index (χ3v) is 5.39. The molecule has 0 radical (unpaired) electrons. The number of H-pyrrole nitrogens is 1. The molecule has 30 heavy (non-hydrogen) atoms. The summed E-state index contributed by atoms with van der Waals surface area (Å²) < 4.78 is 13.4. The van der Waals surface area contributed by atoms with Crippen LogP contribution in [0.1, 0.15) is 23.2 Å². The highest BCUT2D eigenvalue weighted by molar-refractivity contribution is 6.32. The van der Waals surface area contributed by atoms with Gasteiger partial charge < -0.3 is 10.3 Å². The van der Waals surface area contributed by atoms with E-state index < -0.39 is 0 Å². The van der Waals surface area contributed by atoms with E-state index in [2.05, 4.69) is 15.3 Å². The number of fused-ring (bicyclic) bond motifs is 1. The largest absolute Gasteiger partial charge is 0.354 e. The van der Waals surface area contributed by atoms with Crippen molar-refractivity contribution in [3.05, 3.63) is 82.4 Å². The van der Waals surface area contributed by atoms with Gasteiger partial charge in [-0.1, -0.05) is 29.8 Å². The summed E-state index contributed by atoms with van der Waals surface area (Å²) in [6.07, 6.45) is 0.804. The molecule has 6 heteroatoms. The Kier molecular flexibility index (Phi) is 5.55. The Bertz CT molecular complexity index is 1210. The fraction of sp³-hybridized carbons (Fsp3) is 0.167. The maximum absolute atomic E-state index is 13.4. The highest BCUT2D eigenvalue weighted by Gasteiger charge is 2.16. The zero-order valence-corrected chi connectivity index (χ0v) is 17.5. The summed E-state index contributed by atoms with van der Waals surface area (Å²) in [5.41, 5.74) is 6.01. The number of hydrogen-bond donors (Lipinski definition) is 2. The number of amides is 1. The molecule has 2 aromatic heterocycles. The third-order valence-electron chi connectivity index (χ3n) is 5.11. The molecule has 0 spiro atoms. The van der Waals surface area contributed by atoms with E-state index in [1.807, 2.05) is 44.2 Å². The Balaban J connectivity index is 1.60. The quantitative estimate of drug-likeness (QED) is 0.376. The smallest absolute Gasteiger partial charge is 0.224 e. The van der Waals surface area contributed by atoms with Crippen LogP contribution < -0.4 is 5.32 Å². The molecule has 4 nitrogen and oxygen atoms in total. The predicted molar refractivity (Wildman–Crippen MR) is 119 cm³/mol. The minimum atomic E-state index is -0.283. The van der Waals surface area contributed by atoms with Crippen LogP contribution in [0.15, 0.2) is 54.6 Å². The summed E-state index contributed by atoms with van der Waals surface area (Å²) in [6, 6.07) is 16.2. The molecule has 2 heterocycles. The minimum absolute atomic E-state index is 0.138. The first-order chi connectivity index (χ1) is 14.4.